The van der Waals surface area contributed by atoms with Crippen molar-refractivity contribution in [2.24, 2.45) is 0 Å². The van der Waals surface area contributed by atoms with Gasteiger partial charge < -0.3 is 9.72 Å². The molecule has 4 heteroatoms. The van der Waals surface area contributed by atoms with Crippen LogP contribution in [-0.2, 0) is 4.74 Å². The van der Waals surface area contributed by atoms with Crippen molar-refractivity contribution >= 4 is 16.9 Å². The van der Waals surface area contributed by atoms with Gasteiger partial charge in [-0.3, -0.25) is 4.79 Å². The number of benzene rings is 2. The standard InChI is InChI=1S/C17H13NO3/c1-21-17(20)13-9-5-8-12-15(19)10-14(18-16(12)13)11-6-3-2-4-7-11/h2-10H,1H3,(H,18,19). The molecule has 0 amide bonds. The largest absolute Gasteiger partial charge is 0.465 e. The first-order chi connectivity index (χ1) is 10.2. The Labute approximate surface area is 121 Å². The quantitative estimate of drug-likeness (QED) is 0.734. The summed E-state index contributed by atoms with van der Waals surface area (Å²) in [7, 11) is 1.32. The lowest BCUT2D eigenvalue weighted by molar-refractivity contribution is 0.0603. The van der Waals surface area contributed by atoms with Gasteiger partial charge in [-0.1, -0.05) is 36.4 Å². The van der Waals surface area contributed by atoms with Crippen molar-refractivity contribution in [3.63, 3.8) is 0 Å². The van der Waals surface area contributed by atoms with E-state index >= 15 is 0 Å². The highest BCUT2D eigenvalue weighted by atomic mass is 16.5. The molecule has 0 radical (unpaired) electrons. The van der Waals surface area contributed by atoms with Crippen LogP contribution in [0.4, 0.5) is 0 Å². The molecule has 21 heavy (non-hydrogen) atoms. The fourth-order valence-electron chi connectivity index (χ4n) is 2.33. The minimum Gasteiger partial charge on any atom is -0.465 e. The first-order valence-corrected chi connectivity index (χ1v) is 6.50. The molecule has 0 unspecified atom stereocenters. The minimum atomic E-state index is -0.471. The molecule has 0 aliphatic heterocycles. The second kappa shape index (κ2) is 5.25. The molecule has 0 fully saturated rings. The van der Waals surface area contributed by atoms with Gasteiger partial charge in [0.25, 0.3) is 0 Å². The Kier molecular flexibility index (Phi) is 3.28. The van der Waals surface area contributed by atoms with E-state index in [4.69, 9.17) is 4.74 Å². The van der Waals surface area contributed by atoms with Gasteiger partial charge in [-0.25, -0.2) is 4.79 Å². The van der Waals surface area contributed by atoms with Crippen LogP contribution in [0.1, 0.15) is 10.4 Å². The Hall–Kier alpha value is -2.88. The number of hydrogen-bond donors (Lipinski definition) is 1. The van der Waals surface area contributed by atoms with Gasteiger partial charge >= 0.3 is 5.97 Å². The molecule has 0 saturated heterocycles. The van der Waals surface area contributed by atoms with Crippen LogP contribution in [0.15, 0.2) is 59.4 Å². The number of fused-ring (bicyclic) bond motifs is 1. The summed E-state index contributed by atoms with van der Waals surface area (Å²) in [5, 5.41) is 0.470. The fourth-order valence-corrected chi connectivity index (χ4v) is 2.33. The minimum absolute atomic E-state index is 0.131. The zero-order valence-electron chi connectivity index (χ0n) is 11.4. The number of aromatic nitrogens is 1. The Morgan fingerprint density at radius 3 is 2.52 bits per heavy atom. The summed E-state index contributed by atoms with van der Waals surface area (Å²) in [4.78, 5) is 27.3. The molecule has 0 atom stereocenters. The second-order valence-corrected chi connectivity index (χ2v) is 4.63. The summed E-state index contributed by atoms with van der Waals surface area (Å²) in [5.74, 6) is -0.471. The molecule has 2 aromatic carbocycles. The van der Waals surface area contributed by atoms with Crippen LogP contribution in [0.3, 0.4) is 0 Å². The molecule has 1 aromatic heterocycles. The van der Waals surface area contributed by atoms with Gasteiger partial charge in [0, 0.05) is 17.1 Å². The van der Waals surface area contributed by atoms with Crippen molar-refractivity contribution < 1.29 is 9.53 Å². The summed E-state index contributed by atoms with van der Waals surface area (Å²) in [6.07, 6.45) is 0. The van der Waals surface area contributed by atoms with Crippen molar-refractivity contribution in [1.82, 2.24) is 4.98 Å². The van der Waals surface area contributed by atoms with Crippen molar-refractivity contribution in [3.05, 3.63) is 70.4 Å². The highest BCUT2D eigenvalue weighted by molar-refractivity contribution is 6.03. The van der Waals surface area contributed by atoms with Crippen LogP contribution in [0.25, 0.3) is 22.2 Å². The van der Waals surface area contributed by atoms with E-state index in [0.29, 0.717) is 22.2 Å². The van der Waals surface area contributed by atoms with Gasteiger partial charge in [0.1, 0.15) is 0 Å². The van der Waals surface area contributed by atoms with E-state index in [1.54, 1.807) is 24.3 Å². The van der Waals surface area contributed by atoms with Crippen LogP contribution in [0.5, 0.6) is 0 Å². The average Bonchev–Trinajstić information content (AvgIpc) is 2.54. The molecule has 0 saturated carbocycles. The molecule has 104 valence electrons. The highest BCUT2D eigenvalue weighted by Gasteiger charge is 2.13. The number of para-hydroxylation sites is 1. The summed E-state index contributed by atoms with van der Waals surface area (Å²) < 4.78 is 4.77. The highest BCUT2D eigenvalue weighted by Crippen LogP contribution is 2.20. The van der Waals surface area contributed by atoms with Gasteiger partial charge in [0.2, 0.25) is 0 Å². The summed E-state index contributed by atoms with van der Waals surface area (Å²) in [5.41, 5.74) is 2.27. The number of esters is 1. The van der Waals surface area contributed by atoms with E-state index in [2.05, 4.69) is 4.98 Å². The number of ether oxygens (including phenoxy) is 1. The van der Waals surface area contributed by atoms with Crippen LogP contribution >= 0.6 is 0 Å². The Morgan fingerprint density at radius 1 is 1.05 bits per heavy atom. The van der Waals surface area contributed by atoms with Crippen molar-refractivity contribution in [2.75, 3.05) is 7.11 Å². The Balaban J connectivity index is 2.32. The number of pyridine rings is 1. The fraction of sp³-hybridized carbons (Fsp3) is 0.0588. The van der Waals surface area contributed by atoms with Crippen molar-refractivity contribution in [3.8, 4) is 11.3 Å². The van der Waals surface area contributed by atoms with Crippen LogP contribution in [-0.4, -0.2) is 18.1 Å². The maximum Gasteiger partial charge on any atom is 0.339 e. The number of rotatable bonds is 2. The molecule has 0 aliphatic carbocycles. The molecular formula is C17H13NO3. The van der Waals surface area contributed by atoms with Gasteiger partial charge in [-0.05, 0) is 17.7 Å². The summed E-state index contributed by atoms with van der Waals surface area (Å²) in [6, 6.07) is 16.0. The maximum atomic E-state index is 12.3. The lowest BCUT2D eigenvalue weighted by atomic mass is 10.1. The molecule has 0 spiro atoms. The lowest BCUT2D eigenvalue weighted by Crippen LogP contribution is -2.08. The smallest absolute Gasteiger partial charge is 0.339 e. The molecule has 3 aromatic rings. The van der Waals surface area contributed by atoms with Gasteiger partial charge in [0.05, 0.1) is 18.2 Å². The SMILES string of the molecule is COC(=O)c1cccc2c(=O)cc(-c3ccccc3)[nH]c12. The van der Waals surface area contributed by atoms with Gasteiger partial charge in [0.15, 0.2) is 5.43 Å². The van der Waals surface area contributed by atoms with Crippen molar-refractivity contribution in [1.29, 1.82) is 0 Å². The molecule has 4 nitrogen and oxygen atoms in total. The van der Waals surface area contributed by atoms with E-state index in [-0.39, 0.29) is 5.43 Å². The third kappa shape index (κ3) is 2.31. The number of hydrogen-bond acceptors (Lipinski definition) is 3. The molecule has 1 N–H and O–H groups in total. The first-order valence-electron chi connectivity index (χ1n) is 6.50. The van der Waals surface area contributed by atoms with E-state index in [9.17, 15) is 9.59 Å². The Bertz CT molecular complexity index is 866. The van der Waals surface area contributed by atoms with E-state index in [0.717, 1.165) is 5.56 Å². The van der Waals surface area contributed by atoms with E-state index < -0.39 is 5.97 Å². The third-order valence-electron chi connectivity index (χ3n) is 3.36. The normalized spacial score (nSPS) is 10.5. The zero-order valence-corrected chi connectivity index (χ0v) is 11.4. The molecule has 1 heterocycles. The molecular weight excluding hydrogens is 266 g/mol. The predicted octanol–water partition coefficient (Wildman–Crippen LogP) is 2.98. The zero-order chi connectivity index (χ0) is 14.8. The first kappa shape index (κ1) is 13.1. The van der Waals surface area contributed by atoms with Crippen LogP contribution in [0.2, 0.25) is 0 Å². The van der Waals surface area contributed by atoms with E-state index in [1.165, 1.54) is 7.11 Å². The summed E-state index contributed by atoms with van der Waals surface area (Å²) >= 11 is 0. The van der Waals surface area contributed by atoms with Crippen molar-refractivity contribution in [2.45, 2.75) is 0 Å². The number of nitrogens with one attached hydrogen (secondary N) is 1. The van der Waals surface area contributed by atoms with Gasteiger partial charge in [-0.2, -0.15) is 0 Å². The molecule has 0 bridgehead atoms. The lowest BCUT2D eigenvalue weighted by Gasteiger charge is -2.08. The topological polar surface area (TPSA) is 59.2 Å². The monoisotopic (exact) mass is 279 g/mol. The Morgan fingerprint density at radius 2 is 1.81 bits per heavy atom. The third-order valence-corrected chi connectivity index (χ3v) is 3.36. The maximum absolute atomic E-state index is 12.3. The van der Waals surface area contributed by atoms with Crippen LogP contribution in [0, 0.1) is 0 Å². The molecule has 0 aliphatic rings. The number of carbonyl (C=O) groups is 1. The summed E-state index contributed by atoms with van der Waals surface area (Å²) in [6.45, 7) is 0. The number of carbonyl (C=O) groups excluding carboxylic acids is 1. The number of aromatic amines is 1. The molecule has 3 rings (SSSR count). The van der Waals surface area contributed by atoms with E-state index in [1.807, 2.05) is 30.3 Å². The average molecular weight is 279 g/mol. The second-order valence-electron chi connectivity index (χ2n) is 4.63. The van der Waals surface area contributed by atoms with Crippen LogP contribution < -0.4 is 5.43 Å². The number of methoxy groups -OCH3 is 1. The van der Waals surface area contributed by atoms with Gasteiger partial charge in [-0.15, -0.1) is 0 Å². The number of H-pyrrole nitrogens is 1. The predicted molar refractivity (Wildman–Crippen MR) is 81.3 cm³/mol.